The summed E-state index contributed by atoms with van der Waals surface area (Å²) in [6.45, 7) is 5.05. The second kappa shape index (κ2) is 8.48. The molecule has 0 aliphatic heterocycles. The predicted octanol–water partition coefficient (Wildman–Crippen LogP) is 2.31. The van der Waals surface area contributed by atoms with E-state index < -0.39 is 0 Å². The molecule has 0 fully saturated rings. The third-order valence-electron chi connectivity index (χ3n) is 3.32. The molecule has 0 bridgehead atoms. The van der Waals surface area contributed by atoms with Crippen LogP contribution < -0.4 is 16.6 Å². The fraction of sp³-hybridized carbons (Fsp3) is 0.571. The third kappa shape index (κ3) is 4.87. The number of hydrogen-bond donors (Lipinski definition) is 3. The monoisotopic (exact) mass is 264 g/mol. The van der Waals surface area contributed by atoms with E-state index in [1.807, 2.05) is 0 Å². The van der Waals surface area contributed by atoms with E-state index >= 15 is 0 Å². The number of anilines is 1. The Bertz CT molecular complexity index is 395. The van der Waals surface area contributed by atoms with Crippen molar-refractivity contribution in [3.63, 3.8) is 0 Å². The number of nitrogen functional groups attached to an aromatic ring is 1. The fourth-order valence-electron chi connectivity index (χ4n) is 1.98. The smallest absolute Gasteiger partial charge is 0.253 e. The van der Waals surface area contributed by atoms with Crippen LogP contribution in [0, 0.1) is 5.92 Å². The lowest BCUT2D eigenvalue weighted by Crippen LogP contribution is -2.30. The Hall–Kier alpha value is -1.62. The highest BCUT2D eigenvalue weighted by atomic mass is 16.1. The Balaban J connectivity index is 2.54. The minimum Gasteiger partial charge on any atom is -0.352 e. The summed E-state index contributed by atoms with van der Waals surface area (Å²) >= 11 is 0. The van der Waals surface area contributed by atoms with Crippen molar-refractivity contribution in [3.8, 4) is 0 Å². The average Bonchev–Trinajstić information content (AvgIpc) is 2.47. The molecule has 0 saturated carbocycles. The van der Waals surface area contributed by atoms with Crippen LogP contribution in [-0.2, 0) is 0 Å². The van der Waals surface area contributed by atoms with Crippen LogP contribution in [0.1, 0.15) is 49.9 Å². The molecule has 1 aromatic rings. The van der Waals surface area contributed by atoms with Gasteiger partial charge in [-0.25, -0.2) is 0 Å². The summed E-state index contributed by atoms with van der Waals surface area (Å²) in [6.07, 6.45) is 7.77. The van der Waals surface area contributed by atoms with Crippen LogP contribution in [0.2, 0.25) is 0 Å². The van der Waals surface area contributed by atoms with Gasteiger partial charge < -0.3 is 10.7 Å². The van der Waals surface area contributed by atoms with Gasteiger partial charge in [-0.15, -0.1) is 0 Å². The first-order chi connectivity index (χ1) is 9.22. The summed E-state index contributed by atoms with van der Waals surface area (Å²) in [5, 5.41) is 2.97. The fourth-order valence-corrected chi connectivity index (χ4v) is 1.98. The van der Waals surface area contributed by atoms with Gasteiger partial charge in [0.2, 0.25) is 0 Å². The number of amides is 1. The molecular formula is C14H24N4O. The molecule has 5 heteroatoms. The van der Waals surface area contributed by atoms with Crippen LogP contribution in [-0.4, -0.2) is 17.4 Å². The molecule has 1 rings (SSSR count). The number of hydrazine groups is 1. The Labute approximate surface area is 115 Å². The van der Waals surface area contributed by atoms with Crippen LogP contribution >= 0.6 is 0 Å². The van der Waals surface area contributed by atoms with Crippen molar-refractivity contribution in [1.29, 1.82) is 0 Å². The highest BCUT2D eigenvalue weighted by Gasteiger charge is 2.12. The van der Waals surface area contributed by atoms with E-state index in [0.29, 0.717) is 23.7 Å². The lowest BCUT2D eigenvalue weighted by atomic mass is 9.99. The summed E-state index contributed by atoms with van der Waals surface area (Å²) in [5.74, 6) is 5.80. The summed E-state index contributed by atoms with van der Waals surface area (Å²) in [6, 6.07) is 1.66. The van der Waals surface area contributed by atoms with Crippen molar-refractivity contribution in [2.24, 2.45) is 11.8 Å². The molecule has 4 N–H and O–H groups in total. The van der Waals surface area contributed by atoms with E-state index in [4.69, 9.17) is 5.84 Å². The summed E-state index contributed by atoms with van der Waals surface area (Å²) in [5.41, 5.74) is 3.56. The molecule has 1 atom stereocenters. The number of carbonyl (C=O) groups excluding carboxylic acids is 1. The van der Waals surface area contributed by atoms with Gasteiger partial charge in [-0.2, -0.15) is 0 Å². The van der Waals surface area contributed by atoms with E-state index in [2.05, 4.69) is 29.6 Å². The number of pyridine rings is 1. The zero-order valence-corrected chi connectivity index (χ0v) is 11.8. The lowest BCUT2D eigenvalue weighted by molar-refractivity contribution is 0.0946. The number of nitrogens with one attached hydrogen (secondary N) is 2. The molecule has 0 spiro atoms. The van der Waals surface area contributed by atoms with Crippen LogP contribution in [0.3, 0.4) is 0 Å². The van der Waals surface area contributed by atoms with Crippen LogP contribution in [0.5, 0.6) is 0 Å². The maximum Gasteiger partial charge on any atom is 0.253 e. The van der Waals surface area contributed by atoms with Crippen molar-refractivity contribution in [3.05, 3.63) is 24.0 Å². The van der Waals surface area contributed by atoms with E-state index in [0.717, 1.165) is 12.8 Å². The van der Waals surface area contributed by atoms with E-state index in [1.165, 1.54) is 12.8 Å². The Morgan fingerprint density at radius 2 is 2.26 bits per heavy atom. The van der Waals surface area contributed by atoms with Crippen LogP contribution in [0.4, 0.5) is 5.69 Å². The maximum atomic E-state index is 12.1. The van der Waals surface area contributed by atoms with Crippen LogP contribution in [0.25, 0.3) is 0 Å². The van der Waals surface area contributed by atoms with Gasteiger partial charge in [0.05, 0.1) is 17.4 Å². The van der Waals surface area contributed by atoms with Gasteiger partial charge in [-0.3, -0.25) is 15.6 Å². The first-order valence-electron chi connectivity index (χ1n) is 6.91. The Morgan fingerprint density at radius 1 is 1.47 bits per heavy atom. The molecular weight excluding hydrogens is 240 g/mol. The number of unbranched alkanes of at least 4 members (excludes halogenated alkanes) is 1. The van der Waals surface area contributed by atoms with Crippen molar-refractivity contribution in [2.75, 3.05) is 12.0 Å². The second-order valence-electron chi connectivity index (χ2n) is 4.69. The van der Waals surface area contributed by atoms with E-state index in [9.17, 15) is 4.79 Å². The van der Waals surface area contributed by atoms with Gasteiger partial charge in [-0.05, 0) is 18.4 Å². The molecule has 1 heterocycles. The third-order valence-corrected chi connectivity index (χ3v) is 3.32. The summed E-state index contributed by atoms with van der Waals surface area (Å²) in [4.78, 5) is 16.0. The molecule has 0 aliphatic rings. The molecule has 5 nitrogen and oxygen atoms in total. The number of aromatic nitrogens is 1. The minimum absolute atomic E-state index is 0.106. The molecule has 0 saturated heterocycles. The number of carbonyl (C=O) groups is 1. The quantitative estimate of drug-likeness (QED) is 0.497. The molecule has 1 amide bonds. The van der Waals surface area contributed by atoms with Crippen LogP contribution in [0.15, 0.2) is 18.5 Å². The largest absolute Gasteiger partial charge is 0.352 e. The van der Waals surface area contributed by atoms with Gasteiger partial charge >= 0.3 is 0 Å². The molecule has 19 heavy (non-hydrogen) atoms. The van der Waals surface area contributed by atoms with Gasteiger partial charge in [-0.1, -0.05) is 33.1 Å². The number of nitrogens with zero attached hydrogens (tertiary/aromatic N) is 1. The number of hydrogen-bond acceptors (Lipinski definition) is 4. The van der Waals surface area contributed by atoms with E-state index in [1.54, 1.807) is 18.5 Å². The highest BCUT2D eigenvalue weighted by Crippen LogP contribution is 2.14. The zero-order valence-electron chi connectivity index (χ0n) is 11.8. The van der Waals surface area contributed by atoms with Crippen molar-refractivity contribution >= 4 is 11.6 Å². The molecule has 0 radical (unpaired) electrons. The molecule has 106 valence electrons. The Kier molecular flexibility index (Phi) is 6.89. The first kappa shape index (κ1) is 15.4. The summed E-state index contributed by atoms with van der Waals surface area (Å²) < 4.78 is 0. The van der Waals surface area contributed by atoms with Gasteiger partial charge in [0.15, 0.2) is 0 Å². The van der Waals surface area contributed by atoms with Gasteiger partial charge in [0.1, 0.15) is 0 Å². The minimum atomic E-state index is -0.106. The molecule has 1 aromatic heterocycles. The molecule has 0 aliphatic carbocycles. The topological polar surface area (TPSA) is 80.0 Å². The molecule has 0 aromatic carbocycles. The lowest BCUT2D eigenvalue weighted by Gasteiger charge is -2.16. The highest BCUT2D eigenvalue weighted by molar-refractivity contribution is 5.99. The van der Waals surface area contributed by atoms with E-state index in [-0.39, 0.29) is 5.91 Å². The maximum absolute atomic E-state index is 12.1. The van der Waals surface area contributed by atoms with Crippen molar-refractivity contribution in [1.82, 2.24) is 10.3 Å². The SMILES string of the molecule is CCCCC(CC)CNC(=O)c1ccncc1NN. The first-order valence-corrected chi connectivity index (χ1v) is 6.91. The predicted molar refractivity (Wildman–Crippen MR) is 77.7 cm³/mol. The standard InChI is InChI=1S/C14H24N4O/c1-3-5-6-11(4-2)9-17-14(19)12-7-8-16-10-13(12)18-15/h7-8,10-11,18H,3-6,9,15H2,1-2H3,(H,17,19). The zero-order chi connectivity index (χ0) is 14.1. The number of nitrogens with two attached hydrogens (primary N) is 1. The van der Waals surface area contributed by atoms with Crippen molar-refractivity contribution in [2.45, 2.75) is 39.5 Å². The van der Waals surface area contributed by atoms with Gasteiger partial charge in [0, 0.05) is 12.7 Å². The average molecular weight is 264 g/mol. The Morgan fingerprint density at radius 3 is 2.89 bits per heavy atom. The number of rotatable bonds is 8. The second-order valence-corrected chi connectivity index (χ2v) is 4.69. The molecule has 1 unspecified atom stereocenters. The van der Waals surface area contributed by atoms with Crippen molar-refractivity contribution < 1.29 is 4.79 Å². The normalized spacial score (nSPS) is 11.9. The van der Waals surface area contributed by atoms with Gasteiger partial charge in [0.25, 0.3) is 5.91 Å². The summed E-state index contributed by atoms with van der Waals surface area (Å²) in [7, 11) is 0.